The number of fused-ring (bicyclic) bond motifs is 1. The third kappa shape index (κ3) is 5.63. The van der Waals surface area contributed by atoms with E-state index >= 15 is 0 Å². The van der Waals surface area contributed by atoms with Gasteiger partial charge in [0.15, 0.2) is 11.2 Å². The van der Waals surface area contributed by atoms with Gasteiger partial charge < -0.3 is 26.6 Å². The second-order valence-electron chi connectivity index (χ2n) is 6.38. The lowest BCUT2D eigenvalue weighted by atomic mass is 10.1. The van der Waals surface area contributed by atoms with Gasteiger partial charge in [-0.1, -0.05) is 0 Å². The lowest BCUT2D eigenvalue weighted by Crippen LogP contribution is -2.41. The van der Waals surface area contributed by atoms with E-state index in [-0.39, 0.29) is 17.1 Å². The number of H-pyrrole nitrogens is 1. The van der Waals surface area contributed by atoms with Crippen molar-refractivity contribution in [2.24, 2.45) is 0 Å². The van der Waals surface area contributed by atoms with E-state index in [1.54, 1.807) is 0 Å². The van der Waals surface area contributed by atoms with Crippen molar-refractivity contribution in [2.75, 3.05) is 11.1 Å². The molecule has 1 aromatic carbocycles. The number of carbonyl (C=O) groups is 4. The molecule has 14 heteroatoms. The Morgan fingerprint density at radius 2 is 1.82 bits per heavy atom. The van der Waals surface area contributed by atoms with Crippen molar-refractivity contribution in [3.05, 3.63) is 52.0 Å². The average molecular weight is 459 g/mol. The highest BCUT2D eigenvalue weighted by Crippen LogP contribution is 2.12. The van der Waals surface area contributed by atoms with Gasteiger partial charge in [0.1, 0.15) is 11.7 Å². The summed E-state index contributed by atoms with van der Waals surface area (Å²) in [7, 11) is 0. The summed E-state index contributed by atoms with van der Waals surface area (Å²) in [5, 5.41) is 22.0. The molecule has 7 N–H and O–H groups in total. The molecule has 0 fully saturated rings. The Bertz CT molecular complexity index is 1500. The average Bonchev–Trinajstić information content (AvgIpc) is 2.82. The van der Waals surface area contributed by atoms with Gasteiger partial charge in [-0.3, -0.25) is 24.2 Å². The number of nitrogens with two attached hydrogens (primary N) is 1. The van der Waals surface area contributed by atoms with E-state index in [0.29, 0.717) is 0 Å². The van der Waals surface area contributed by atoms with Crippen molar-refractivity contribution in [3.63, 3.8) is 0 Å². The van der Waals surface area contributed by atoms with Gasteiger partial charge >= 0.3 is 11.9 Å². The number of hydrogen-bond acceptors (Lipinski definition) is 9. The van der Waals surface area contributed by atoms with Crippen molar-refractivity contribution in [3.8, 4) is 0 Å². The van der Waals surface area contributed by atoms with Crippen molar-refractivity contribution in [1.29, 1.82) is 0 Å². The number of hydrogen-bond donors (Lipinski definition) is 6. The molecule has 3 aromatic rings. The molecule has 2 heterocycles. The molecule has 0 aliphatic heterocycles. The van der Waals surface area contributed by atoms with Crippen LogP contribution < -0.4 is 21.9 Å². The van der Waals surface area contributed by atoms with Gasteiger partial charge in [-0.2, -0.15) is 4.98 Å². The van der Waals surface area contributed by atoms with Crippen LogP contribution in [0.5, 0.6) is 0 Å². The number of aromatic amines is 1. The number of carboxylic acids is 2. The number of benzene rings is 1. The number of aromatic nitrogens is 4. The first kappa shape index (κ1) is 17.8. The maximum Gasteiger partial charge on any atom is 0.326 e. The molecule has 0 spiro atoms. The lowest BCUT2D eigenvalue weighted by Gasteiger charge is -2.13. The molecule has 14 nitrogen and oxygen atoms in total. The highest BCUT2D eigenvalue weighted by molar-refractivity contribution is 6.04. The molecule has 0 unspecified atom stereocenters. The first-order valence-electron chi connectivity index (χ1n) is 11.0. The van der Waals surface area contributed by atoms with Crippen LogP contribution >= 0.6 is 0 Å². The van der Waals surface area contributed by atoms with Crippen LogP contribution in [0.4, 0.5) is 11.6 Å². The van der Waals surface area contributed by atoms with E-state index in [0.717, 1.165) is 6.20 Å². The Morgan fingerprint density at radius 1 is 1.12 bits per heavy atom. The fourth-order valence-corrected chi connectivity index (χ4v) is 2.47. The molecule has 0 saturated heterocycles. The zero-order valence-electron chi connectivity index (χ0n) is 20.4. The molecular formula is C19H17N7O7. The van der Waals surface area contributed by atoms with E-state index < -0.39 is 89.3 Å². The van der Waals surface area contributed by atoms with Crippen LogP contribution in [-0.4, -0.2) is 59.9 Å². The van der Waals surface area contributed by atoms with E-state index in [2.05, 4.69) is 25.3 Å². The van der Waals surface area contributed by atoms with Crippen LogP contribution in [0.15, 0.2) is 35.2 Å². The first-order chi connectivity index (χ1) is 17.3. The predicted octanol–water partition coefficient (Wildman–Crippen LogP) is -0.405. The second kappa shape index (κ2) is 9.51. The predicted molar refractivity (Wildman–Crippen MR) is 113 cm³/mol. The van der Waals surface area contributed by atoms with E-state index in [1.165, 1.54) is 0 Å². The number of nitrogen functional groups attached to an aromatic ring is 1. The van der Waals surface area contributed by atoms with Gasteiger partial charge in [-0.15, -0.1) is 0 Å². The summed E-state index contributed by atoms with van der Waals surface area (Å²) in [6, 6.07) is -5.19. The topological polar surface area (TPSA) is 230 Å². The van der Waals surface area contributed by atoms with Crippen LogP contribution in [0.1, 0.15) is 39.2 Å². The number of aliphatic carboxylic acids is 2. The smallest absolute Gasteiger partial charge is 0.326 e. The van der Waals surface area contributed by atoms with Gasteiger partial charge in [-0.25, -0.2) is 14.8 Å². The third-order valence-electron chi connectivity index (χ3n) is 4.01. The zero-order valence-corrected chi connectivity index (χ0v) is 16.4. The fraction of sp³-hybridized carbons (Fsp3) is 0.158. The Labute approximate surface area is 189 Å². The van der Waals surface area contributed by atoms with Gasteiger partial charge in [0.25, 0.3) is 17.4 Å². The van der Waals surface area contributed by atoms with Crippen LogP contribution in [0.2, 0.25) is 0 Å². The largest absolute Gasteiger partial charge is 0.481 e. The van der Waals surface area contributed by atoms with Gasteiger partial charge in [0.05, 0.1) is 11.7 Å². The fourth-order valence-electron chi connectivity index (χ4n) is 2.47. The Balaban J connectivity index is 1.93. The standard InChI is InChI=1S/C19H17N7O7/c20-19-25-14-13(17(31)26-19)23-11(7-21-14)16(30)22-9-3-1-8(2-4-9)15(29)24-10(18(32)33)5-6-12(27)28/h1-4,7,10H,5-6H2,(H,22,30)(H,24,29)(H,27,28)(H,32,33)(H3,20,21,25,26,31)/t10-/m0/s1/i1D,2D,3D,4D. The molecule has 2 aromatic heterocycles. The van der Waals surface area contributed by atoms with E-state index in [1.807, 2.05) is 5.32 Å². The minimum atomic E-state index is -1.68. The second-order valence-corrected chi connectivity index (χ2v) is 6.38. The molecule has 0 saturated carbocycles. The quantitative estimate of drug-likeness (QED) is 0.253. The molecule has 0 aliphatic carbocycles. The molecule has 1 atom stereocenters. The summed E-state index contributed by atoms with van der Waals surface area (Å²) in [5.41, 5.74) is 2.25. The number of rotatable bonds is 8. The number of carboxylic acid groups (broad SMARTS) is 2. The minimum Gasteiger partial charge on any atom is -0.481 e. The molecule has 3 rings (SSSR count). The lowest BCUT2D eigenvalue weighted by molar-refractivity contribution is -0.140. The molecule has 33 heavy (non-hydrogen) atoms. The minimum absolute atomic E-state index is 0.152. The number of anilines is 2. The molecule has 170 valence electrons. The van der Waals surface area contributed by atoms with E-state index in [4.69, 9.17) is 16.3 Å². The maximum atomic E-state index is 12.7. The summed E-state index contributed by atoms with van der Waals surface area (Å²) in [4.78, 5) is 72.9. The number of amides is 2. The summed E-state index contributed by atoms with van der Waals surface area (Å²) in [5.74, 6) is -5.47. The zero-order chi connectivity index (χ0) is 27.6. The number of nitrogens with one attached hydrogen (secondary N) is 3. The van der Waals surface area contributed by atoms with Crippen LogP contribution in [0.3, 0.4) is 0 Å². The summed E-state index contributed by atoms with van der Waals surface area (Å²) >= 11 is 0. The van der Waals surface area contributed by atoms with Crippen LogP contribution in [0, 0.1) is 0 Å². The van der Waals surface area contributed by atoms with E-state index in [9.17, 15) is 29.1 Å². The molecule has 0 radical (unpaired) electrons. The van der Waals surface area contributed by atoms with Crippen molar-refractivity contribution in [1.82, 2.24) is 25.3 Å². The Kier molecular flexibility index (Phi) is 5.12. The number of nitrogens with zero attached hydrogens (tertiary/aromatic N) is 3. The van der Waals surface area contributed by atoms with Gasteiger partial charge in [0.2, 0.25) is 5.95 Å². The SMILES string of the molecule is [2H]c1c([2H])c(C(=O)N[C@@H](CCC(=O)O)C(=O)O)c([2H])c([2H])c1NC(=O)c1cnc2nc(N)[nH]c(=O)c2n1. The monoisotopic (exact) mass is 459 g/mol. The molecule has 2 amide bonds. The van der Waals surface area contributed by atoms with Crippen LogP contribution in [-0.2, 0) is 9.59 Å². The maximum absolute atomic E-state index is 12.7. The summed E-state index contributed by atoms with van der Waals surface area (Å²) in [6.45, 7) is 0. The Hall–Kier alpha value is -4.88. The Morgan fingerprint density at radius 3 is 2.45 bits per heavy atom. The highest BCUT2D eigenvalue weighted by Gasteiger charge is 2.21. The molecule has 0 aliphatic rings. The molecular weight excluding hydrogens is 438 g/mol. The summed E-state index contributed by atoms with van der Waals surface area (Å²) < 4.78 is 32.4. The molecule has 0 bridgehead atoms. The highest BCUT2D eigenvalue weighted by atomic mass is 16.4. The van der Waals surface area contributed by atoms with Gasteiger partial charge in [-0.05, 0) is 30.6 Å². The first-order valence-corrected chi connectivity index (χ1v) is 9.01. The van der Waals surface area contributed by atoms with Crippen molar-refractivity contribution < 1.29 is 34.9 Å². The number of carbonyl (C=O) groups excluding carboxylic acids is 2. The summed E-state index contributed by atoms with van der Waals surface area (Å²) in [6.07, 6.45) is -0.153. The van der Waals surface area contributed by atoms with Crippen LogP contribution in [0.25, 0.3) is 11.2 Å². The van der Waals surface area contributed by atoms with Crippen molar-refractivity contribution in [2.45, 2.75) is 18.9 Å². The third-order valence-corrected chi connectivity index (χ3v) is 4.01. The van der Waals surface area contributed by atoms with Crippen molar-refractivity contribution >= 4 is 46.6 Å². The normalized spacial score (nSPS) is 13.2. The van der Waals surface area contributed by atoms with Gasteiger partial charge in [0, 0.05) is 17.7 Å².